The molecule has 0 bridgehead atoms. The molecule has 0 aliphatic carbocycles. The third-order valence-corrected chi connectivity index (χ3v) is 4.01. The molecule has 3 atom stereocenters. The quantitative estimate of drug-likeness (QED) is 0.912. The van der Waals surface area contributed by atoms with E-state index in [-0.39, 0.29) is 24.5 Å². The van der Waals surface area contributed by atoms with Crippen LogP contribution in [0.15, 0.2) is 24.3 Å². The number of hydrogen-bond acceptors (Lipinski definition) is 4. The molecule has 1 aromatic rings. The zero-order chi connectivity index (χ0) is 15.4. The molecule has 5 heteroatoms. The van der Waals surface area contributed by atoms with Crippen molar-refractivity contribution in [2.45, 2.75) is 32.4 Å². The molecule has 0 radical (unpaired) electrons. The summed E-state index contributed by atoms with van der Waals surface area (Å²) in [6.45, 7) is 4.31. The van der Waals surface area contributed by atoms with Crippen LogP contribution in [0.3, 0.4) is 0 Å². The van der Waals surface area contributed by atoms with Gasteiger partial charge < -0.3 is 14.7 Å². The molecule has 1 saturated heterocycles. The number of aliphatic hydroxyl groups excluding tert-OH is 1. The van der Waals surface area contributed by atoms with Gasteiger partial charge in [-0.15, -0.1) is 0 Å². The molecule has 1 amide bonds. The number of nitriles is 1. The zero-order valence-electron chi connectivity index (χ0n) is 12.3. The Morgan fingerprint density at radius 1 is 1.57 bits per heavy atom. The summed E-state index contributed by atoms with van der Waals surface area (Å²) in [5, 5.41) is 18.5. The summed E-state index contributed by atoms with van der Waals surface area (Å²) in [4.78, 5) is 14.2. The van der Waals surface area contributed by atoms with Crippen molar-refractivity contribution in [1.82, 2.24) is 4.90 Å². The Labute approximate surface area is 124 Å². The second kappa shape index (κ2) is 6.59. The molecule has 1 aliphatic rings. The summed E-state index contributed by atoms with van der Waals surface area (Å²) in [6.07, 6.45) is 0.206. The lowest BCUT2D eigenvalue weighted by atomic mass is 10.0. The number of para-hydroxylation sites is 1. The van der Waals surface area contributed by atoms with Crippen LogP contribution in [0.2, 0.25) is 0 Å². The van der Waals surface area contributed by atoms with Crippen LogP contribution >= 0.6 is 0 Å². The van der Waals surface area contributed by atoms with Crippen LogP contribution in [-0.2, 0) is 4.79 Å². The summed E-state index contributed by atoms with van der Waals surface area (Å²) < 4.78 is 5.64. The van der Waals surface area contributed by atoms with Gasteiger partial charge >= 0.3 is 0 Å². The predicted octanol–water partition coefficient (Wildman–Crippen LogP) is 1.55. The van der Waals surface area contributed by atoms with Gasteiger partial charge in [0, 0.05) is 6.54 Å². The molecule has 1 heterocycles. The van der Waals surface area contributed by atoms with Gasteiger partial charge in [-0.1, -0.05) is 19.1 Å². The number of carbonyl (C=O) groups is 1. The molecule has 1 aromatic carbocycles. The second-order valence-electron chi connectivity index (χ2n) is 5.42. The maximum absolute atomic E-state index is 12.5. The van der Waals surface area contributed by atoms with Gasteiger partial charge in [0.2, 0.25) is 0 Å². The third kappa shape index (κ3) is 3.17. The fraction of sp³-hybridized carbons (Fsp3) is 0.500. The molecule has 112 valence electrons. The summed E-state index contributed by atoms with van der Waals surface area (Å²) in [5.74, 6) is 0.553. The van der Waals surface area contributed by atoms with E-state index in [2.05, 4.69) is 0 Å². The van der Waals surface area contributed by atoms with Crippen LogP contribution in [0.1, 0.15) is 25.8 Å². The molecule has 0 aromatic heterocycles. The minimum Gasteiger partial charge on any atom is -0.480 e. The Morgan fingerprint density at radius 3 is 2.95 bits per heavy atom. The van der Waals surface area contributed by atoms with Crippen molar-refractivity contribution in [2.75, 3.05) is 13.2 Å². The maximum atomic E-state index is 12.5. The van der Waals surface area contributed by atoms with E-state index in [0.29, 0.717) is 17.9 Å². The van der Waals surface area contributed by atoms with Crippen molar-refractivity contribution < 1.29 is 14.6 Å². The molecule has 1 aliphatic heterocycles. The van der Waals surface area contributed by atoms with Crippen molar-refractivity contribution in [3.8, 4) is 11.8 Å². The average molecular weight is 288 g/mol. The van der Waals surface area contributed by atoms with Gasteiger partial charge in [-0.05, 0) is 31.4 Å². The van der Waals surface area contributed by atoms with E-state index in [1.807, 2.05) is 13.0 Å². The molecule has 5 nitrogen and oxygen atoms in total. The summed E-state index contributed by atoms with van der Waals surface area (Å²) in [6, 6.07) is 8.75. The number of hydrogen-bond donors (Lipinski definition) is 1. The Balaban J connectivity index is 2.08. The normalized spacial score (nSPS) is 22.7. The highest BCUT2D eigenvalue weighted by atomic mass is 16.5. The van der Waals surface area contributed by atoms with Gasteiger partial charge in [0.05, 0.1) is 18.2 Å². The van der Waals surface area contributed by atoms with Crippen molar-refractivity contribution in [3.63, 3.8) is 0 Å². The third-order valence-electron chi connectivity index (χ3n) is 4.01. The number of likely N-dealkylation sites (tertiary alicyclic amines) is 1. The van der Waals surface area contributed by atoms with Crippen molar-refractivity contribution in [3.05, 3.63) is 29.8 Å². The number of ether oxygens (including phenoxy) is 1. The van der Waals surface area contributed by atoms with E-state index in [0.717, 1.165) is 6.42 Å². The Hall–Kier alpha value is -2.06. The van der Waals surface area contributed by atoms with Crippen LogP contribution in [0.5, 0.6) is 5.75 Å². The Bertz CT molecular complexity index is 553. The van der Waals surface area contributed by atoms with Crippen LogP contribution < -0.4 is 4.74 Å². The van der Waals surface area contributed by atoms with E-state index in [4.69, 9.17) is 10.00 Å². The SMILES string of the molecule is CC(Oc1ccccc1C#N)C(=O)N1CCC(C)C1CO. The molecule has 0 spiro atoms. The van der Waals surface area contributed by atoms with E-state index in [9.17, 15) is 9.90 Å². The lowest BCUT2D eigenvalue weighted by Gasteiger charge is -2.28. The van der Waals surface area contributed by atoms with Crippen molar-refractivity contribution in [2.24, 2.45) is 5.92 Å². The van der Waals surface area contributed by atoms with E-state index < -0.39 is 6.10 Å². The van der Waals surface area contributed by atoms with Gasteiger partial charge in [-0.2, -0.15) is 5.26 Å². The number of benzene rings is 1. The average Bonchev–Trinajstić information content (AvgIpc) is 2.87. The first kappa shape index (κ1) is 15.3. The van der Waals surface area contributed by atoms with Crippen LogP contribution in [-0.4, -0.2) is 41.2 Å². The molecule has 21 heavy (non-hydrogen) atoms. The highest BCUT2D eigenvalue weighted by Gasteiger charge is 2.36. The minimum absolute atomic E-state index is 0.0333. The summed E-state index contributed by atoms with van der Waals surface area (Å²) >= 11 is 0. The lowest BCUT2D eigenvalue weighted by Crippen LogP contribution is -2.45. The Kier molecular flexibility index (Phi) is 4.81. The topological polar surface area (TPSA) is 73.6 Å². The van der Waals surface area contributed by atoms with E-state index >= 15 is 0 Å². The molecule has 0 saturated carbocycles. The molecular weight excluding hydrogens is 268 g/mol. The zero-order valence-corrected chi connectivity index (χ0v) is 12.3. The summed E-state index contributed by atoms with van der Waals surface area (Å²) in [7, 11) is 0. The molecule has 2 rings (SSSR count). The molecule has 1 N–H and O–H groups in total. The van der Waals surface area contributed by atoms with E-state index in [1.54, 1.807) is 36.1 Å². The van der Waals surface area contributed by atoms with Crippen LogP contribution in [0.25, 0.3) is 0 Å². The standard InChI is InChI=1S/C16H20N2O3/c1-11-7-8-18(14(11)10-19)16(20)12(2)21-15-6-4-3-5-13(15)9-17/h3-6,11-12,14,19H,7-8,10H2,1-2H3. The molecular formula is C16H20N2O3. The van der Waals surface area contributed by atoms with Crippen LogP contribution in [0, 0.1) is 17.2 Å². The number of aliphatic hydroxyl groups is 1. The number of rotatable bonds is 4. The monoisotopic (exact) mass is 288 g/mol. The first-order chi connectivity index (χ1) is 10.1. The van der Waals surface area contributed by atoms with Crippen molar-refractivity contribution in [1.29, 1.82) is 5.26 Å². The van der Waals surface area contributed by atoms with Gasteiger partial charge in [-0.3, -0.25) is 4.79 Å². The Morgan fingerprint density at radius 2 is 2.29 bits per heavy atom. The number of nitrogens with zero attached hydrogens (tertiary/aromatic N) is 2. The van der Waals surface area contributed by atoms with Gasteiger partial charge in [-0.25, -0.2) is 0 Å². The lowest BCUT2D eigenvalue weighted by molar-refractivity contribution is -0.139. The highest BCUT2D eigenvalue weighted by molar-refractivity contribution is 5.81. The smallest absolute Gasteiger partial charge is 0.263 e. The van der Waals surface area contributed by atoms with E-state index in [1.165, 1.54) is 0 Å². The summed E-state index contributed by atoms with van der Waals surface area (Å²) in [5.41, 5.74) is 0.408. The predicted molar refractivity (Wildman–Crippen MR) is 77.6 cm³/mol. The van der Waals surface area contributed by atoms with Crippen molar-refractivity contribution >= 4 is 5.91 Å². The molecule has 1 fully saturated rings. The highest BCUT2D eigenvalue weighted by Crippen LogP contribution is 2.25. The largest absolute Gasteiger partial charge is 0.480 e. The van der Waals surface area contributed by atoms with Gasteiger partial charge in [0.1, 0.15) is 11.8 Å². The first-order valence-electron chi connectivity index (χ1n) is 7.15. The fourth-order valence-corrected chi connectivity index (χ4v) is 2.70. The second-order valence-corrected chi connectivity index (χ2v) is 5.42. The fourth-order valence-electron chi connectivity index (χ4n) is 2.70. The van der Waals surface area contributed by atoms with Gasteiger partial charge in [0.15, 0.2) is 6.10 Å². The molecule has 3 unspecified atom stereocenters. The van der Waals surface area contributed by atoms with Gasteiger partial charge in [0.25, 0.3) is 5.91 Å². The first-order valence-corrected chi connectivity index (χ1v) is 7.15. The number of carbonyl (C=O) groups excluding carboxylic acids is 1. The minimum atomic E-state index is -0.682. The van der Waals surface area contributed by atoms with Crippen LogP contribution in [0.4, 0.5) is 0 Å². The maximum Gasteiger partial charge on any atom is 0.263 e. The number of amides is 1.